The molecule has 2 heterocycles. The molecule has 0 saturated carbocycles. The van der Waals surface area contributed by atoms with Gasteiger partial charge in [0.1, 0.15) is 6.54 Å². The zero-order valence-corrected chi connectivity index (χ0v) is 17.4. The van der Waals surface area contributed by atoms with E-state index >= 15 is 0 Å². The first-order chi connectivity index (χ1) is 13.6. The number of carbonyl (C=O) groups excluding carboxylic acids is 2. The molecule has 28 heavy (non-hydrogen) atoms. The summed E-state index contributed by atoms with van der Waals surface area (Å²) in [5.41, 5.74) is 2.72. The summed E-state index contributed by atoms with van der Waals surface area (Å²) < 4.78 is 0.928. The Morgan fingerprint density at radius 2 is 1.86 bits per heavy atom. The highest BCUT2D eigenvalue weighted by Gasteiger charge is 2.35. The van der Waals surface area contributed by atoms with Crippen LogP contribution in [-0.4, -0.2) is 42.9 Å². The van der Waals surface area contributed by atoms with Gasteiger partial charge >= 0.3 is 0 Å². The summed E-state index contributed by atoms with van der Waals surface area (Å²) in [6.07, 6.45) is 3.58. The molecule has 4 rings (SSSR count). The van der Waals surface area contributed by atoms with Crippen molar-refractivity contribution in [2.24, 2.45) is 0 Å². The SMILES string of the molecule is O=C1CN(C(=O)C[NH+]2CCCCC2)[C@@H](c2ccccc2)c2cc(Br)ccc2N1. The van der Waals surface area contributed by atoms with E-state index in [1.54, 1.807) is 4.90 Å². The zero-order chi connectivity index (χ0) is 19.5. The molecule has 1 atom stereocenters. The number of piperidine rings is 1. The van der Waals surface area contributed by atoms with Crippen LogP contribution in [0.1, 0.15) is 36.4 Å². The van der Waals surface area contributed by atoms with Crippen molar-refractivity contribution in [1.29, 1.82) is 0 Å². The van der Waals surface area contributed by atoms with Crippen LogP contribution in [0.25, 0.3) is 0 Å². The highest BCUT2D eigenvalue weighted by atomic mass is 79.9. The summed E-state index contributed by atoms with van der Waals surface area (Å²) in [6.45, 7) is 2.58. The van der Waals surface area contributed by atoms with Gasteiger partial charge in [0.25, 0.3) is 5.91 Å². The van der Waals surface area contributed by atoms with E-state index in [2.05, 4.69) is 21.2 Å². The van der Waals surface area contributed by atoms with Gasteiger partial charge in [-0.3, -0.25) is 9.59 Å². The van der Waals surface area contributed by atoms with E-state index in [0.717, 1.165) is 34.4 Å². The van der Waals surface area contributed by atoms with Crippen LogP contribution in [-0.2, 0) is 9.59 Å². The quantitative estimate of drug-likeness (QED) is 0.766. The molecule has 1 fully saturated rings. The zero-order valence-electron chi connectivity index (χ0n) is 15.8. The highest BCUT2D eigenvalue weighted by molar-refractivity contribution is 9.10. The van der Waals surface area contributed by atoms with Gasteiger partial charge in [-0.15, -0.1) is 0 Å². The Hall–Kier alpha value is -2.18. The number of likely N-dealkylation sites (tertiary alicyclic amines) is 1. The van der Waals surface area contributed by atoms with Crippen molar-refractivity contribution >= 4 is 33.4 Å². The number of anilines is 1. The number of nitrogens with zero attached hydrogens (tertiary/aromatic N) is 1. The normalized spacial score (nSPS) is 20.2. The molecule has 2 aliphatic heterocycles. The Balaban J connectivity index is 1.73. The lowest BCUT2D eigenvalue weighted by molar-refractivity contribution is -0.897. The molecular weight excluding hydrogens is 418 g/mol. The van der Waals surface area contributed by atoms with Crippen LogP contribution in [0.5, 0.6) is 0 Å². The summed E-state index contributed by atoms with van der Waals surface area (Å²) >= 11 is 3.55. The Morgan fingerprint density at radius 1 is 1.11 bits per heavy atom. The smallest absolute Gasteiger partial charge is 0.279 e. The Kier molecular flexibility index (Phi) is 5.78. The average molecular weight is 443 g/mol. The summed E-state index contributed by atoms with van der Waals surface area (Å²) in [6, 6.07) is 15.5. The second-order valence-electron chi connectivity index (χ2n) is 7.60. The summed E-state index contributed by atoms with van der Waals surface area (Å²) in [4.78, 5) is 29.0. The first-order valence-electron chi connectivity index (χ1n) is 9.89. The van der Waals surface area contributed by atoms with Crippen molar-refractivity contribution in [3.8, 4) is 0 Å². The highest BCUT2D eigenvalue weighted by Crippen LogP contribution is 2.37. The number of carbonyl (C=O) groups is 2. The molecule has 2 aliphatic rings. The molecular formula is C22H25BrN3O2+. The van der Waals surface area contributed by atoms with Crippen molar-refractivity contribution in [3.63, 3.8) is 0 Å². The fourth-order valence-corrected chi connectivity index (χ4v) is 4.63. The van der Waals surface area contributed by atoms with Crippen LogP contribution in [0.2, 0.25) is 0 Å². The Bertz CT molecular complexity index is 865. The van der Waals surface area contributed by atoms with Gasteiger partial charge in [-0.1, -0.05) is 46.3 Å². The Labute approximate surface area is 173 Å². The number of hydrogen-bond donors (Lipinski definition) is 2. The third-order valence-electron chi connectivity index (χ3n) is 5.61. The van der Waals surface area contributed by atoms with Gasteiger partial charge in [0.15, 0.2) is 6.54 Å². The van der Waals surface area contributed by atoms with Gasteiger partial charge < -0.3 is 15.1 Å². The Morgan fingerprint density at radius 3 is 2.61 bits per heavy atom. The van der Waals surface area contributed by atoms with Crippen molar-refractivity contribution < 1.29 is 14.5 Å². The maximum absolute atomic E-state index is 13.4. The number of fused-ring (bicyclic) bond motifs is 1. The first-order valence-corrected chi connectivity index (χ1v) is 10.7. The standard InChI is InChI=1S/C22H24BrN3O2/c23-17-9-10-19-18(13-17)22(16-7-3-1-4-8-16)26(14-20(27)24-19)21(28)15-25-11-5-2-6-12-25/h1,3-4,7-10,13,22H,2,5-6,11-12,14-15H2,(H,24,27)/p+1/t22-/m0/s1. The average Bonchev–Trinajstić information content (AvgIpc) is 2.85. The second-order valence-corrected chi connectivity index (χ2v) is 8.52. The largest absolute Gasteiger partial charge is 0.327 e. The third-order valence-corrected chi connectivity index (χ3v) is 6.10. The molecule has 146 valence electrons. The lowest BCUT2D eigenvalue weighted by Crippen LogP contribution is -3.13. The molecule has 1 saturated heterocycles. The van der Waals surface area contributed by atoms with E-state index in [4.69, 9.17) is 0 Å². The molecule has 0 radical (unpaired) electrons. The van der Waals surface area contributed by atoms with E-state index in [1.165, 1.54) is 24.2 Å². The number of rotatable bonds is 3. The molecule has 0 bridgehead atoms. The summed E-state index contributed by atoms with van der Waals surface area (Å²) in [5.74, 6) is -0.113. The molecule has 0 aliphatic carbocycles. The van der Waals surface area contributed by atoms with Crippen molar-refractivity contribution in [3.05, 3.63) is 64.1 Å². The monoisotopic (exact) mass is 442 g/mol. The predicted octanol–water partition coefficient (Wildman–Crippen LogP) is 2.39. The first kappa shape index (κ1) is 19.2. The summed E-state index contributed by atoms with van der Waals surface area (Å²) in [7, 11) is 0. The maximum Gasteiger partial charge on any atom is 0.279 e. The van der Waals surface area contributed by atoms with E-state index < -0.39 is 0 Å². The summed E-state index contributed by atoms with van der Waals surface area (Å²) in [5, 5.41) is 2.98. The molecule has 2 amide bonds. The fourth-order valence-electron chi connectivity index (χ4n) is 4.25. The number of amides is 2. The number of quaternary nitrogens is 1. The molecule has 2 aromatic carbocycles. The predicted molar refractivity (Wildman–Crippen MR) is 112 cm³/mol. The van der Waals surface area contributed by atoms with Crippen LogP contribution < -0.4 is 10.2 Å². The van der Waals surface area contributed by atoms with Gasteiger partial charge in [0.05, 0.1) is 19.1 Å². The number of halogens is 1. The minimum atomic E-state index is -0.288. The number of benzene rings is 2. The van der Waals surface area contributed by atoms with E-state index in [1.807, 2.05) is 48.5 Å². The molecule has 0 spiro atoms. The van der Waals surface area contributed by atoms with Gasteiger partial charge in [-0.05, 0) is 43.0 Å². The van der Waals surface area contributed by atoms with Crippen LogP contribution in [0.15, 0.2) is 53.0 Å². The van der Waals surface area contributed by atoms with Crippen LogP contribution in [0.3, 0.4) is 0 Å². The van der Waals surface area contributed by atoms with E-state index in [-0.39, 0.29) is 24.4 Å². The molecule has 0 aromatic heterocycles. The minimum Gasteiger partial charge on any atom is -0.327 e. The molecule has 5 nitrogen and oxygen atoms in total. The third kappa shape index (κ3) is 4.13. The fraction of sp³-hybridized carbons (Fsp3) is 0.364. The molecule has 2 N–H and O–H groups in total. The number of nitrogens with one attached hydrogen (secondary N) is 2. The van der Waals surface area contributed by atoms with Crippen molar-refractivity contribution in [2.75, 3.05) is 31.5 Å². The minimum absolute atomic E-state index is 0.0359. The van der Waals surface area contributed by atoms with Gasteiger partial charge in [-0.25, -0.2) is 0 Å². The van der Waals surface area contributed by atoms with Gasteiger partial charge in [-0.2, -0.15) is 0 Å². The van der Waals surface area contributed by atoms with Gasteiger partial charge in [0.2, 0.25) is 5.91 Å². The number of hydrogen-bond acceptors (Lipinski definition) is 2. The second kappa shape index (κ2) is 8.45. The maximum atomic E-state index is 13.4. The van der Waals surface area contributed by atoms with Crippen LogP contribution in [0.4, 0.5) is 5.69 Å². The topological polar surface area (TPSA) is 53.9 Å². The van der Waals surface area contributed by atoms with E-state index in [0.29, 0.717) is 6.54 Å². The molecule has 6 heteroatoms. The lowest BCUT2D eigenvalue weighted by Gasteiger charge is -2.32. The lowest BCUT2D eigenvalue weighted by atomic mass is 9.96. The van der Waals surface area contributed by atoms with Gasteiger partial charge in [0, 0.05) is 15.7 Å². The molecule has 2 aromatic rings. The van der Waals surface area contributed by atoms with E-state index in [9.17, 15) is 9.59 Å². The van der Waals surface area contributed by atoms with Crippen molar-refractivity contribution in [2.45, 2.75) is 25.3 Å². The van der Waals surface area contributed by atoms with Crippen LogP contribution in [0, 0.1) is 0 Å². The van der Waals surface area contributed by atoms with Crippen LogP contribution >= 0.6 is 15.9 Å². The van der Waals surface area contributed by atoms with Crippen molar-refractivity contribution in [1.82, 2.24) is 4.90 Å². The molecule has 0 unspecified atom stereocenters.